The molecular formula is C19H29N3O3. The van der Waals surface area contributed by atoms with E-state index in [0.717, 1.165) is 38.4 Å². The smallest absolute Gasteiger partial charge is 0.239 e. The molecule has 2 N–H and O–H groups in total. The number of benzene rings is 1. The van der Waals surface area contributed by atoms with Crippen LogP contribution in [0.2, 0.25) is 0 Å². The largest absolute Gasteiger partial charge is 0.379 e. The molecule has 0 spiro atoms. The van der Waals surface area contributed by atoms with Crippen molar-refractivity contribution in [1.82, 2.24) is 15.5 Å². The van der Waals surface area contributed by atoms with Gasteiger partial charge in [0.1, 0.15) is 0 Å². The summed E-state index contributed by atoms with van der Waals surface area (Å²) in [5, 5.41) is 5.75. The van der Waals surface area contributed by atoms with Crippen LogP contribution in [-0.4, -0.2) is 56.1 Å². The predicted octanol–water partition coefficient (Wildman–Crippen LogP) is 1.34. The molecule has 1 heterocycles. The number of amides is 2. The van der Waals surface area contributed by atoms with E-state index in [1.54, 1.807) is 0 Å². The van der Waals surface area contributed by atoms with Crippen LogP contribution in [0.15, 0.2) is 30.3 Å². The van der Waals surface area contributed by atoms with E-state index < -0.39 is 5.41 Å². The van der Waals surface area contributed by atoms with Crippen LogP contribution < -0.4 is 10.6 Å². The minimum Gasteiger partial charge on any atom is -0.379 e. The van der Waals surface area contributed by atoms with Crippen molar-refractivity contribution in [1.29, 1.82) is 0 Å². The third kappa shape index (κ3) is 6.48. The summed E-state index contributed by atoms with van der Waals surface area (Å²) in [5.74, 6) is -0.313. The Balaban J connectivity index is 1.95. The summed E-state index contributed by atoms with van der Waals surface area (Å²) in [7, 11) is 0. The van der Waals surface area contributed by atoms with Crippen LogP contribution in [0.4, 0.5) is 0 Å². The number of morpholine rings is 1. The highest BCUT2D eigenvalue weighted by molar-refractivity contribution is 5.87. The molecule has 25 heavy (non-hydrogen) atoms. The van der Waals surface area contributed by atoms with Crippen molar-refractivity contribution in [2.45, 2.75) is 26.8 Å². The average molecular weight is 347 g/mol. The zero-order valence-electron chi connectivity index (χ0n) is 15.4. The quantitative estimate of drug-likeness (QED) is 0.815. The Bertz CT molecular complexity index is 563. The van der Waals surface area contributed by atoms with Gasteiger partial charge in [0.25, 0.3) is 0 Å². The highest BCUT2D eigenvalue weighted by Gasteiger charge is 2.23. The fourth-order valence-corrected chi connectivity index (χ4v) is 2.63. The highest BCUT2D eigenvalue weighted by Crippen LogP contribution is 2.15. The van der Waals surface area contributed by atoms with Gasteiger partial charge in [-0.15, -0.1) is 0 Å². The lowest BCUT2D eigenvalue weighted by Crippen LogP contribution is -2.46. The molecule has 1 aromatic carbocycles. The predicted molar refractivity (Wildman–Crippen MR) is 97.0 cm³/mol. The second-order valence-electron chi connectivity index (χ2n) is 7.38. The van der Waals surface area contributed by atoms with Gasteiger partial charge in [0.2, 0.25) is 11.8 Å². The molecule has 0 bridgehead atoms. The number of rotatable bonds is 6. The summed E-state index contributed by atoms with van der Waals surface area (Å²) in [4.78, 5) is 26.5. The summed E-state index contributed by atoms with van der Waals surface area (Å²) in [6, 6.07) is 9.81. The fraction of sp³-hybridized carbons (Fsp3) is 0.579. The monoisotopic (exact) mass is 347 g/mol. The maximum absolute atomic E-state index is 12.3. The molecule has 1 aliphatic rings. The van der Waals surface area contributed by atoms with Crippen molar-refractivity contribution in [2.75, 3.05) is 39.4 Å². The second-order valence-corrected chi connectivity index (χ2v) is 7.38. The Morgan fingerprint density at radius 1 is 1.16 bits per heavy atom. The number of nitrogens with one attached hydrogen (secondary N) is 2. The Hall–Kier alpha value is -1.92. The van der Waals surface area contributed by atoms with E-state index in [4.69, 9.17) is 4.74 Å². The molecular weight excluding hydrogens is 318 g/mol. The van der Waals surface area contributed by atoms with Crippen molar-refractivity contribution < 1.29 is 14.3 Å². The Morgan fingerprint density at radius 3 is 2.40 bits per heavy atom. The minimum atomic E-state index is -0.507. The normalized spacial score (nSPS) is 16.9. The lowest BCUT2D eigenvalue weighted by Gasteiger charge is -2.31. The van der Waals surface area contributed by atoms with E-state index >= 15 is 0 Å². The van der Waals surface area contributed by atoms with Crippen LogP contribution in [-0.2, 0) is 14.3 Å². The first-order chi connectivity index (χ1) is 11.9. The standard InChI is InChI=1S/C19H29N3O3/c1-19(2,3)18(24)20-13-17(23)21-16(15-7-5-4-6-8-15)14-22-9-11-25-12-10-22/h4-8,16H,9-14H2,1-3H3,(H,20,24)(H,21,23). The maximum Gasteiger partial charge on any atom is 0.239 e. The molecule has 2 rings (SSSR count). The Labute approximate surface area is 149 Å². The summed E-state index contributed by atoms with van der Waals surface area (Å²) < 4.78 is 5.39. The number of hydrogen-bond donors (Lipinski definition) is 2. The van der Waals surface area contributed by atoms with Gasteiger partial charge in [-0.05, 0) is 5.56 Å². The molecule has 0 aromatic heterocycles. The molecule has 0 saturated carbocycles. The van der Waals surface area contributed by atoms with E-state index in [-0.39, 0.29) is 24.4 Å². The molecule has 138 valence electrons. The average Bonchev–Trinajstić information content (AvgIpc) is 2.60. The lowest BCUT2D eigenvalue weighted by molar-refractivity contribution is -0.131. The third-order valence-corrected chi connectivity index (χ3v) is 4.17. The number of ether oxygens (including phenoxy) is 1. The molecule has 1 saturated heterocycles. The molecule has 2 amide bonds. The molecule has 1 aromatic rings. The van der Waals surface area contributed by atoms with Crippen molar-refractivity contribution in [3.63, 3.8) is 0 Å². The molecule has 0 aliphatic carbocycles. The molecule has 1 aliphatic heterocycles. The van der Waals surface area contributed by atoms with Crippen LogP contribution in [0.5, 0.6) is 0 Å². The van der Waals surface area contributed by atoms with E-state index in [1.165, 1.54) is 0 Å². The second kappa shape index (κ2) is 8.97. The van der Waals surface area contributed by atoms with Gasteiger partial charge in [-0.25, -0.2) is 0 Å². The van der Waals surface area contributed by atoms with Gasteiger partial charge in [-0.3, -0.25) is 14.5 Å². The van der Waals surface area contributed by atoms with E-state index in [9.17, 15) is 9.59 Å². The summed E-state index contributed by atoms with van der Waals surface area (Å²) in [5.41, 5.74) is 0.553. The Kier molecular flexibility index (Phi) is 6.96. The van der Waals surface area contributed by atoms with Gasteiger partial charge in [0.05, 0.1) is 25.8 Å². The Morgan fingerprint density at radius 2 is 1.80 bits per heavy atom. The van der Waals surface area contributed by atoms with Crippen LogP contribution in [0.1, 0.15) is 32.4 Å². The highest BCUT2D eigenvalue weighted by atomic mass is 16.5. The van der Waals surface area contributed by atoms with Crippen LogP contribution >= 0.6 is 0 Å². The number of nitrogens with zero attached hydrogens (tertiary/aromatic N) is 1. The zero-order valence-corrected chi connectivity index (χ0v) is 15.4. The molecule has 1 fully saturated rings. The molecule has 6 heteroatoms. The van der Waals surface area contributed by atoms with Gasteiger partial charge in [0.15, 0.2) is 0 Å². The fourth-order valence-electron chi connectivity index (χ4n) is 2.63. The van der Waals surface area contributed by atoms with E-state index in [1.807, 2.05) is 51.1 Å². The molecule has 0 radical (unpaired) electrons. The SMILES string of the molecule is CC(C)(C)C(=O)NCC(=O)NC(CN1CCOCC1)c1ccccc1. The summed E-state index contributed by atoms with van der Waals surface area (Å²) in [6.45, 7) is 9.35. The molecule has 1 atom stereocenters. The van der Waals surface area contributed by atoms with Gasteiger partial charge >= 0.3 is 0 Å². The van der Waals surface area contributed by atoms with E-state index in [0.29, 0.717) is 0 Å². The van der Waals surface area contributed by atoms with Crippen LogP contribution in [0.3, 0.4) is 0 Å². The topological polar surface area (TPSA) is 70.7 Å². The van der Waals surface area contributed by atoms with Crippen molar-refractivity contribution in [3.8, 4) is 0 Å². The molecule has 1 unspecified atom stereocenters. The lowest BCUT2D eigenvalue weighted by atomic mass is 9.96. The van der Waals surface area contributed by atoms with Crippen molar-refractivity contribution >= 4 is 11.8 Å². The number of hydrogen-bond acceptors (Lipinski definition) is 4. The van der Waals surface area contributed by atoms with Gasteiger partial charge in [-0.2, -0.15) is 0 Å². The zero-order chi connectivity index (χ0) is 18.3. The van der Waals surface area contributed by atoms with Crippen molar-refractivity contribution in [2.24, 2.45) is 5.41 Å². The minimum absolute atomic E-state index is 0.0114. The maximum atomic E-state index is 12.3. The number of carbonyl (C=O) groups excluding carboxylic acids is 2. The van der Waals surface area contributed by atoms with Gasteiger partial charge in [-0.1, -0.05) is 51.1 Å². The van der Waals surface area contributed by atoms with E-state index in [2.05, 4.69) is 15.5 Å². The van der Waals surface area contributed by atoms with Gasteiger partial charge in [0, 0.05) is 25.0 Å². The van der Waals surface area contributed by atoms with Crippen LogP contribution in [0, 0.1) is 5.41 Å². The summed E-state index contributed by atoms with van der Waals surface area (Å²) >= 11 is 0. The van der Waals surface area contributed by atoms with Crippen molar-refractivity contribution in [3.05, 3.63) is 35.9 Å². The first kappa shape index (κ1) is 19.4. The van der Waals surface area contributed by atoms with Gasteiger partial charge < -0.3 is 15.4 Å². The summed E-state index contributed by atoms with van der Waals surface area (Å²) in [6.07, 6.45) is 0. The third-order valence-electron chi connectivity index (χ3n) is 4.17. The first-order valence-corrected chi connectivity index (χ1v) is 8.79. The van der Waals surface area contributed by atoms with Crippen LogP contribution in [0.25, 0.3) is 0 Å². The first-order valence-electron chi connectivity index (χ1n) is 8.79. The molecule has 6 nitrogen and oxygen atoms in total. The number of carbonyl (C=O) groups is 2.